The molecule has 3 aromatic rings. The largest absolute Gasteiger partial charge is 0.489 e. The molecule has 3 aromatic carbocycles. The van der Waals surface area contributed by atoms with E-state index in [-0.39, 0.29) is 18.2 Å². The van der Waals surface area contributed by atoms with E-state index in [1.54, 1.807) is 12.1 Å². The van der Waals surface area contributed by atoms with E-state index in [2.05, 4.69) is 5.32 Å². The van der Waals surface area contributed by atoms with Gasteiger partial charge in [-0.15, -0.1) is 12.4 Å². The van der Waals surface area contributed by atoms with Crippen LogP contribution >= 0.6 is 24.0 Å². The SMILES string of the molecule is Cl.Fc1ccc(COc2ccccc2CNCc2ccccc2Cl)cc1. The first-order valence-electron chi connectivity index (χ1n) is 8.11. The number of rotatable bonds is 7. The number of halogens is 3. The summed E-state index contributed by atoms with van der Waals surface area (Å²) in [6, 6.07) is 22.0. The maximum atomic E-state index is 13.0. The summed E-state index contributed by atoms with van der Waals surface area (Å²) in [4.78, 5) is 0. The first-order valence-corrected chi connectivity index (χ1v) is 8.49. The molecule has 0 aliphatic heterocycles. The summed E-state index contributed by atoms with van der Waals surface area (Å²) in [6.07, 6.45) is 0. The van der Waals surface area contributed by atoms with Gasteiger partial charge in [0, 0.05) is 23.7 Å². The van der Waals surface area contributed by atoms with Gasteiger partial charge in [0.15, 0.2) is 0 Å². The summed E-state index contributed by atoms with van der Waals surface area (Å²) in [7, 11) is 0. The van der Waals surface area contributed by atoms with Crippen LogP contribution in [0.1, 0.15) is 16.7 Å². The van der Waals surface area contributed by atoms with Gasteiger partial charge in [0.2, 0.25) is 0 Å². The standard InChI is InChI=1S/C21H19ClFNO.ClH/c22-20-7-3-1-5-17(20)13-24-14-18-6-2-4-8-21(18)25-15-16-9-11-19(23)12-10-16;/h1-12,24H,13-15H2;1H. The molecular formula is C21H20Cl2FNO. The first-order chi connectivity index (χ1) is 12.2. The summed E-state index contributed by atoms with van der Waals surface area (Å²) in [6.45, 7) is 1.76. The van der Waals surface area contributed by atoms with Gasteiger partial charge in [-0.05, 0) is 35.4 Å². The van der Waals surface area contributed by atoms with Crippen molar-refractivity contribution in [2.75, 3.05) is 0 Å². The summed E-state index contributed by atoms with van der Waals surface area (Å²) in [5.74, 6) is 0.575. The lowest BCUT2D eigenvalue weighted by atomic mass is 10.1. The molecule has 0 aliphatic rings. The van der Waals surface area contributed by atoms with Crippen LogP contribution in [0.15, 0.2) is 72.8 Å². The zero-order valence-corrected chi connectivity index (χ0v) is 15.7. The summed E-state index contributed by atoms with van der Waals surface area (Å²) < 4.78 is 18.9. The van der Waals surface area contributed by atoms with Gasteiger partial charge < -0.3 is 10.1 Å². The van der Waals surface area contributed by atoms with Crippen LogP contribution in [0.3, 0.4) is 0 Å². The fourth-order valence-electron chi connectivity index (χ4n) is 2.51. The zero-order chi connectivity index (χ0) is 17.5. The van der Waals surface area contributed by atoms with Crippen molar-refractivity contribution >= 4 is 24.0 Å². The highest BCUT2D eigenvalue weighted by Crippen LogP contribution is 2.20. The van der Waals surface area contributed by atoms with Gasteiger partial charge >= 0.3 is 0 Å². The minimum absolute atomic E-state index is 0. The smallest absolute Gasteiger partial charge is 0.124 e. The van der Waals surface area contributed by atoms with Gasteiger partial charge in [0.1, 0.15) is 18.2 Å². The molecule has 1 N–H and O–H groups in total. The Morgan fingerprint density at radius 1 is 0.808 bits per heavy atom. The third-order valence-corrected chi connectivity index (χ3v) is 4.24. The molecule has 0 heterocycles. The predicted octanol–water partition coefficient (Wildman–Crippen LogP) is 5.77. The van der Waals surface area contributed by atoms with Crippen molar-refractivity contribution in [1.82, 2.24) is 5.32 Å². The van der Waals surface area contributed by atoms with Crippen molar-refractivity contribution in [3.63, 3.8) is 0 Å². The Balaban J connectivity index is 0.00000243. The van der Waals surface area contributed by atoms with Gasteiger partial charge in [-0.1, -0.05) is 60.1 Å². The van der Waals surface area contributed by atoms with Crippen LogP contribution in [0.5, 0.6) is 5.75 Å². The third kappa shape index (κ3) is 5.73. The molecule has 5 heteroatoms. The minimum Gasteiger partial charge on any atom is -0.489 e. The molecule has 0 aliphatic carbocycles. The molecule has 0 unspecified atom stereocenters. The van der Waals surface area contributed by atoms with E-state index < -0.39 is 0 Å². The Kier molecular flexibility index (Phi) is 7.92. The van der Waals surface area contributed by atoms with Crippen LogP contribution in [-0.4, -0.2) is 0 Å². The van der Waals surface area contributed by atoms with Gasteiger partial charge in [0.25, 0.3) is 0 Å². The maximum Gasteiger partial charge on any atom is 0.124 e. The van der Waals surface area contributed by atoms with Crippen LogP contribution < -0.4 is 10.1 Å². The average molecular weight is 392 g/mol. The number of ether oxygens (including phenoxy) is 1. The highest BCUT2D eigenvalue weighted by Gasteiger charge is 2.05. The van der Waals surface area contributed by atoms with Crippen LogP contribution in [0, 0.1) is 5.82 Å². The molecule has 2 nitrogen and oxygen atoms in total. The molecule has 0 radical (unpaired) electrons. The van der Waals surface area contributed by atoms with Gasteiger partial charge in [0.05, 0.1) is 0 Å². The van der Waals surface area contributed by atoms with E-state index in [1.807, 2.05) is 48.5 Å². The molecule has 3 rings (SSSR count). The maximum absolute atomic E-state index is 13.0. The van der Waals surface area contributed by atoms with E-state index in [9.17, 15) is 4.39 Å². The number of benzene rings is 3. The molecule has 0 saturated heterocycles. The Bertz CT molecular complexity index is 824. The lowest BCUT2D eigenvalue weighted by molar-refractivity contribution is 0.302. The molecular weight excluding hydrogens is 372 g/mol. The average Bonchev–Trinajstić information content (AvgIpc) is 2.64. The van der Waals surface area contributed by atoms with E-state index in [4.69, 9.17) is 16.3 Å². The van der Waals surface area contributed by atoms with E-state index >= 15 is 0 Å². The van der Waals surface area contributed by atoms with Gasteiger partial charge in [-0.25, -0.2) is 4.39 Å². The van der Waals surface area contributed by atoms with E-state index in [0.717, 1.165) is 27.5 Å². The van der Waals surface area contributed by atoms with Crippen LogP contribution in [-0.2, 0) is 19.7 Å². The Morgan fingerprint density at radius 3 is 2.15 bits per heavy atom. The quantitative estimate of drug-likeness (QED) is 0.551. The Morgan fingerprint density at radius 2 is 1.42 bits per heavy atom. The second-order valence-corrected chi connectivity index (χ2v) is 6.13. The highest BCUT2D eigenvalue weighted by molar-refractivity contribution is 6.31. The Labute approximate surface area is 164 Å². The number of hydrogen-bond acceptors (Lipinski definition) is 2. The monoisotopic (exact) mass is 391 g/mol. The summed E-state index contributed by atoms with van der Waals surface area (Å²) in [5.41, 5.74) is 3.06. The normalized spacial score (nSPS) is 10.2. The highest BCUT2D eigenvalue weighted by atomic mass is 35.5. The summed E-state index contributed by atoms with van der Waals surface area (Å²) >= 11 is 6.17. The molecule has 26 heavy (non-hydrogen) atoms. The molecule has 0 saturated carbocycles. The fraction of sp³-hybridized carbons (Fsp3) is 0.143. The van der Waals surface area contributed by atoms with Crippen LogP contribution in [0.2, 0.25) is 5.02 Å². The fourth-order valence-corrected chi connectivity index (χ4v) is 2.71. The molecule has 136 valence electrons. The Hall–Kier alpha value is -2.07. The predicted molar refractivity (Wildman–Crippen MR) is 106 cm³/mol. The molecule has 0 bridgehead atoms. The number of nitrogens with one attached hydrogen (secondary N) is 1. The van der Waals surface area contributed by atoms with Crippen LogP contribution in [0.4, 0.5) is 4.39 Å². The molecule has 0 amide bonds. The summed E-state index contributed by atoms with van der Waals surface area (Å²) in [5, 5.41) is 4.15. The molecule has 0 atom stereocenters. The van der Waals surface area contributed by atoms with Crippen molar-refractivity contribution < 1.29 is 9.13 Å². The van der Waals surface area contributed by atoms with Crippen molar-refractivity contribution in [3.8, 4) is 5.75 Å². The first kappa shape index (κ1) is 20.2. The number of hydrogen-bond donors (Lipinski definition) is 1. The van der Waals surface area contributed by atoms with Crippen molar-refractivity contribution in [2.24, 2.45) is 0 Å². The third-order valence-electron chi connectivity index (χ3n) is 3.87. The van der Waals surface area contributed by atoms with Crippen LogP contribution in [0.25, 0.3) is 0 Å². The molecule has 0 fully saturated rings. The number of para-hydroxylation sites is 1. The van der Waals surface area contributed by atoms with Crippen molar-refractivity contribution in [3.05, 3.63) is 100 Å². The lowest BCUT2D eigenvalue weighted by Gasteiger charge is -2.13. The zero-order valence-electron chi connectivity index (χ0n) is 14.1. The lowest BCUT2D eigenvalue weighted by Crippen LogP contribution is -2.14. The van der Waals surface area contributed by atoms with E-state index in [1.165, 1.54) is 12.1 Å². The topological polar surface area (TPSA) is 21.3 Å². The van der Waals surface area contributed by atoms with Gasteiger partial charge in [-0.3, -0.25) is 0 Å². The molecule has 0 aromatic heterocycles. The second-order valence-electron chi connectivity index (χ2n) is 5.72. The molecule has 0 spiro atoms. The van der Waals surface area contributed by atoms with Crippen molar-refractivity contribution in [1.29, 1.82) is 0 Å². The van der Waals surface area contributed by atoms with Gasteiger partial charge in [-0.2, -0.15) is 0 Å². The second kappa shape index (κ2) is 10.2. The van der Waals surface area contributed by atoms with E-state index in [0.29, 0.717) is 19.7 Å². The minimum atomic E-state index is -0.243. The van der Waals surface area contributed by atoms with Crippen molar-refractivity contribution in [2.45, 2.75) is 19.7 Å².